The van der Waals surface area contributed by atoms with Gasteiger partial charge in [-0.1, -0.05) is 23.2 Å². The maximum absolute atomic E-state index is 12.9. The Balaban J connectivity index is 3.15. The minimum absolute atomic E-state index is 0.0131. The van der Waals surface area contributed by atoms with Gasteiger partial charge in [-0.05, 0) is 12.1 Å². The number of rotatable bonds is 2. The zero-order valence-electron chi connectivity index (χ0n) is 6.60. The van der Waals surface area contributed by atoms with Crippen molar-refractivity contribution in [3.8, 4) is 0 Å². The molecular formula is C8H8Cl2FNO. The summed E-state index contributed by atoms with van der Waals surface area (Å²) >= 11 is 11.2. The van der Waals surface area contributed by atoms with Gasteiger partial charge in [0.2, 0.25) is 0 Å². The molecule has 0 aliphatic rings. The predicted molar refractivity (Wildman–Crippen MR) is 50.4 cm³/mol. The molecule has 1 aromatic carbocycles. The Morgan fingerprint density at radius 2 is 2.00 bits per heavy atom. The summed E-state index contributed by atoms with van der Waals surface area (Å²) in [6.45, 7) is -0.0131. The van der Waals surface area contributed by atoms with E-state index in [0.29, 0.717) is 0 Å². The van der Waals surface area contributed by atoms with Crippen molar-refractivity contribution >= 4 is 23.2 Å². The minimum atomic E-state index is -0.959. The molecule has 0 aliphatic carbocycles. The molecule has 0 fully saturated rings. The number of benzene rings is 1. The molecule has 3 N–H and O–H groups in total. The highest BCUT2D eigenvalue weighted by molar-refractivity contribution is 6.35. The minimum Gasteiger partial charge on any atom is -0.387 e. The molecule has 1 aromatic rings. The zero-order valence-corrected chi connectivity index (χ0v) is 8.11. The molecule has 0 unspecified atom stereocenters. The van der Waals surface area contributed by atoms with Crippen LogP contribution < -0.4 is 5.73 Å². The van der Waals surface area contributed by atoms with Crippen LogP contribution in [-0.2, 0) is 0 Å². The zero-order chi connectivity index (χ0) is 10.0. The van der Waals surface area contributed by atoms with Crippen molar-refractivity contribution < 1.29 is 9.50 Å². The van der Waals surface area contributed by atoms with E-state index in [4.69, 9.17) is 28.9 Å². The van der Waals surface area contributed by atoms with Crippen LogP contribution in [0.3, 0.4) is 0 Å². The Morgan fingerprint density at radius 1 is 1.38 bits per heavy atom. The van der Waals surface area contributed by atoms with E-state index in [9.17, 15) is 9.50 Å². The number of hydrogen-bond donors (Lipinski definition) is 2. The smallest absolute Gasteiger partial charge is 0.142 e. The average molecular weight is 224 g/mol. The van der Waals surface area contributed by atoms with Crippen LogP contribution in [0.4, 0.5) is 4.39 Å². The number of aliphatic hydroxyl groups is 1. The molecular weight excluding hydrogens is 216 g/mol. The Labute approximate surface area is 85.1 Å². The number of aliphatic hydroxyl groups excluding tert-OH is 1. The fourth-order valence-corrected chi connectivity index (χ4v) is 1.43. The number of halogens is 3. The standard InChI is InChI=1S/C8H8Cl2FNO/c9-5-2-6(10)7(11)1-4(5)8(13)3-12/h1-2,8,13H,3,12H2/t8-/m1/s1. The fourth-order valence-electron chi connectivity index (χ4n) is 0.920. The van der Waals surface area contributed by atoms with Crippen LogP contribution in [0, 0.1) is 5.82 Å². The van der Waals surface area contributed by atoms with E-state index in [1.807, 2.05) is 0 Å². The molecule has 1 atom stereocenters. The van der Waals surface area contributed by atoms with E-state index >= 15 is 0 Å². The van der Waals surface area contributed by atoms with E-state index in [2.05, 4.69) is 0 Å². The average Bonchev–Trinajstić information content (AvgIpc) is 2.10. The summed E-state index contributed by atoms with van der Waals surface area (Å²) in [6, 6.07) is 2.33. The van der Waals surface area contributed by atoms with E-state index in [1.165, 1.54) is 6.07 Å². The second-order valence-corrected chi connectivity index (χ2v) is 3.35. The lowest BCUT2D eigenvalue weighted by molar-refractivity contribution is 0.186. The molecule has 0 heterocycles. The van der Waals surface area contributed by atoms with Crippen LogP contribution in [0.5, 0.6) is 0 Å². The van der Waals surface area contributed by atoms with Crippen molar-refractivity contribution in [2.24, 2.45) is 5.73 Å². The van der Waals surface area contributed by atoms with Gasteiger partial charge in [-0.15, -0.1) is 0 Å². The maximum atomic E-state index is 12.9. The van der Waals surface area contributed by atoms with Crippen LogP contribution in [0.25, 0.3) is 0 Å². The summed E-state index contributed by atoms with van der Waals surface area (Å²) in [7, 11) is 0. The number of hydrogen-bond acceptors (Lipinski definition) is 2. The third-order valence-corrected chi connectivity index (χ3v) is 2.24. The Bertz CT molecular complexity index is 319. The van der Waals surface area contributed by atoms with E-state index in [1.54, 1.807) is 0 Å². The highest BCUT2D eigenvalue weighted by Crippen LogP contribution is 2.28. The first-order chi connectivity index (χ1) is 6.06. The quantitative estimate of drug-likeness (QED) is 0.755. The molecule has 5 heteroatoms. The highest BCUT2D eigenvalue weighted by atomic mass is 35.5. The molecule has 0 saturated carbocycles. The Kier molecular flexibility index (Phi) is 3.50. The molecule has 0 aromatic heterocycles. The normalized spacial score (nSPS) is 13.0. The second kappa shape index (κ2) is 4.24. The van der Waals surface area contributed by atoms with Crippen molar-refractivity contribution in [1.82, 2.24) is 0 Å². The topological polar surface area (TPSA) is 46.2 Å². The summed E-state index contributed by atoms with van der Waals surface area (Å²) in [6.07, 6.45) is -0.959. The maximum Gasteiger partial charge on any atom is 0.142 e. The van der Waals surface area contributed by atoms with E-state index in [-0.39, 0.29) is 22.2 Å². The Morgan fingerprint density at radius 3 is 2.54 bits per heavy atom. The van der Waals surface area contributed by atoms with E-state index in [0.717, 1.165) is 6.07 Å². The Hall–Kier alpha value is -0.350. The lowest BCUT2D eigenvalue weighted by Crippen LogP contribution is -2.12. The summed E-state index contributed by atoms with van der Waals surface area (Å²) < 4.78 is 12.9. The van der Waals surface area contributed by atoms with Crippen LogP contribution in [0.1, 0.15) is 11.7 Å². The van der Waals surface area contributed by atoms with Gasteiger partial charge in [0, 0.05) is 17.1 Å². The van der Waals surface area contributed by atoms with Crippen LogP contribution >= 0.6 is 23.2 Å². The lowest BCUT2D eigenvalue weighted by atomic mass is 10.1. The van der Waals surface area contributed by atoms with Gasteiger partial charge in [0.1, 0.15) is 5.82 Å². The van der Waals surface area contributed by atoms with Gasteiger partial charge in [-0.2, -0.15) is 0 Å². The SMILES string of the molecule is NC[C@@H](O)c1cc(F)c(Cl)cc1Cl. The molecule has 0 spiro atoms. The molecule has 0 bridgehead atoms. The summed E-state index contributed by atoms with van der Waals surface area (Å²) in [5.41, 5.74) is 5.45. The second-order valence-electron chi connectivity index (χ2n) is 2.54. The molecule has 0 radical (unpaired) electrons. The number of nitrogens with two attached hydrogens (primary N) is 1. The molecule has 1 rings (SSSR count). The first-order valence-electron chi connectivity index (χ1n) is 3.59. The van der Waals surface area contributed by atoms with Gasteiger partial charge in [0.15, 0.2) is 0 Å². The summed E-state index contributed by atoms with van der Waals surface area (Å²) in [5, 5.41) is 9.45. The molecule has 0 aliphatic heterocycles. The fraction of sp³-hybridized carbons (Fsp3) is 0.250. The van der Waals surface area contributed by atoms with Gasteiger partial charge >= 0.3 is 0 Å². The lowest BCUT2D eigenvalue weighted by Gasteiger charge is -2.10. The highest BCUT2D eigenvalue weighted by Gasteiger charge is 2.13. The van der Waals surface area contributed by atoms with Gasteiger partial charge in [-0.3, -0.25) is 0 Å². The predicted octanol–water partition coefficient (Wildman–Crippen LogP) is 2.12. The molecule has 0 amide bonds. The van der Waals surface area contributed by atoms with Crippen molar-refractivity contribution in [3.05, 3.63) is 33.6 Å². The molecule has 2 nitrogen and oxygen atoms in total. The first kappa shape index (κ1) is 10.7. The first-order valence-corrected chi connectivity index (χ1v) is 4.34. The van der Waals surface area contributed by atoms with Gasteiger partial charge < -0.3 is 10.8 Å². The van der Waals surface area contributed by atoms with Gasteiger partial charge in [0.25, 0.3) is 0 Å². The van der Waals surface area contributed by atoms with Crippen molar-refractivity contribution in [1.29, 1.82) is 0 Å². The molecule has 0 saturated heterocycles. The largest absolute Gasteiger partial charge is 0.387 e. The van der Waals surface area contributed by atoms with Gasteiger partial charge in [-0.25, -0.2) is 4.39 Å². The van der Waals surface area contributed by atoms with Crippen LogP contribution in [0.2, 0.25) is 10.0 Å². The third-order valence-electron chi connectivity index (χ3n) is 1.62. The molecule has 72 valence electrons. The van der Waals surface area contributed by atoms with Crippen molar-refractivity contribution in [3.63, 3.8) is 0 Å². The monoisotopic (exact) mass is 223 g/mol. The summed E-state index contributed by atoms with van der Waals surface area (Å²) in [5.74, 6) is -0.617. The van der Waals surface area contributed by atoms with Crippen molar-refractivity contribution in [2.75, 3.05) is 6.54 Å². The van der Waals surface area contributed by atoms with Crippen LogP contribution in [0.15, 0.2) is 12.1 Å². The molecule has 13 heavy (non-hydrogen) atoms. The van der Waals surface area contributed by atoms with E-state index < -0.39 is 11.9 Å². The van der Waals surface area contributed by atoms with Gasteiger partial charge in [0.05, 0.1) is 11.1 Å². The van der Waals surface area contributed by atoms with Crippen molar-refractivity contribution in [2.45, 2.75) is 6.10 Å². The van der Waals surface area contributed by atoms with Crippen LogP contribution in [-0.4, -0.2) is 11.7 Å². The summed E-state index contributed by atoms with van der Waals surface area (Å²) in [4.78, 5) is 0. The third kappa shape index (κ3) is 2.31.